The zero-order valence-corrected chi connectivity index (χ0v) is 18.7. The molecule has 1 fully saturated rings. The van der Waals surface area contributed by atoms with Crippen molar-refractivity contribution in [2.75, 3.05) is 26.2 Å². The molecular formula is C18H19ClF3N3O4S2. The number of halogens is 4. The Morgan fingerprint density at radius 2 is 1.84 bits per heavy atom. The first-order chi connectivity index (χ1) is 14.4. The van der Waals surface area contributed by atoms with E-state index < -0.39 is 31.7 Å². The Morgan fingerprint density at radius 3 is 2.39 bits per heavy atom. The molecule has 0 spiro atoms. The van der Waals surface area contributed by atoms with Crippen molar-refractivity contribution < 1.29 is 26.4 Å². The van der Waals surface area contributed by atoms with E-state index in [9.17, 15) is 31.2 Å². The predicted octanol–water partition coefficient (Wildman–Crippen LogP) is 2.81. The lowest BCUT2D eigenvalue weighted by molar-refractivity contribution is -0.137. The van der Waals surface area contributed by atoms with E-state index in [0.29, 0.717) is 6.07 Å². The fourth-order valence-electron chi connectivity index (χ4n) is 3.25. The average molecular weight is 498 g/mol. The van der Waals surface area contributed by atoms with Crippen LogP contribution in [0.4, 0.5) is 13.2 Å². The molecule has 1 amide bonds. The van der Waals surface area contributed by atoms with Gasteiger partial charge in [-0.1, -0.05) is 22.9 Å². The number of piperazine rings is 1. The molecule has 13 heteroatoms. The van der Waals surface area contributed by atoms with Gasteiger partial charge in [0.05, 0.1) is 15.5 Å². The van der Waals surface area contributed by atoms with Crippen molar-refractivity contribution in [2.24, 2.45) is 0 Å². The summed E-state index contributed by atoms with van der Waals surface area (Å²) in [4.78, 5) is 25.0. The molecule has 7 nitrogen and oxygen atoms in total. The summed E-state index contributed by atoms with van der Waals surface area (Å²) in [6, 6.07) is 2.47. The third-order valence-corrected chi connectivity index (χ3v) is 8.10. The van der Waals surface area contributed by atoms with E-state index in [4.69, 9.17) is 11.6 Å². The largest absolute Gasteiger partial charge is 0.417 e. The van der Waals surface area contributed by atoms with Gasteiger partial charge in [0, 0.05) is 50.2 Å². The number of aryl methyl sites for hydroxylation is 1. The van der Waals surface area contributed by atoms with Crippen molar-refractivity contribution in [3.8, 4) is 0 Å². The first kappa shape index (κ1) is 23.8. The molecule has 0 bridgehead atoms. The van der Waals surface area contributed by atoms with Gasteiger partial charge in [-0.15, -0.1) is 0 Å². The minimum absolute atomic E-state index is 0.0462. The standard InChI is InChI=1S/C18H19ClF3N3O4S2/c1-12-11-30-17(27)25(12)5-4-16(26)23-6-8-24(9-7-23)31(28,29)13-2-3-15(19)14(10-13)18(20,21)22/h2-3,10-11H,4-9H2,1H3. The van der Waals surface area contributed by atoms with E-state index in [1.165, 1.54) is 9.47 Å². The number of aromatic nitrogens is 1. The number of amides is 1. The average Bonchev–Trinajstić information content (AvgIpc) is 3.03. The summed E-state index contributed by atoms with van der Waals surface area (Å²) in [7, 11) is -4.18. The first-order valence-corrected chi connectivity index (χ1v) is 11.9. The van der Waals surface area contributed by atoms with Crippen LogP contribution in [0.15, 0.2) is 33.3 Å². The molecule has 0 unspecified atom stereocenters. The minimum Gasteiger partial charge on any atom is -0.340 e. The van der Waals surface area contributed by atoms with Crippen molar-refractivity contribution in [1.82, 2.24) is 13.8 Å². The number of hydrogen-bond acceptors (Lipinski definition) is 5. The van der Waals surface area contributed by atoms with Crippen LogP contribution in [0.1, 0.15) is 17.7 Å². The van der Waals surface area contributed by atoms with Crippen LogP contribution < -0.4 is 4.87 Å². The summed E-state index contributed by atoms with van der Waals surface area (Å²) in [6.45, 7) is 2.12. The van der Waals surface area contributed by atoms with Gasteiger partial charge in [0.1, 0.15) is 0 Å². The molecule has 0 saturated carbocycles. The summed E-state index contributed by atoms with van der Waals surface area (Å²) >= 11 is 6.62. The SMILES string of the molecule is Cc1csc(=O)n1CCC(=O)N1CCN(S(=O)(=O)c2ccc(Cl)c(C(F)(F)F)c2)CC1. The van der Waals surface area contributed by atoms with Crippen molar-refractivity contribution in [1.29, 1.82) is 0 Å². The third kappa shape index (κ3) is 5.13. The fourth-order valence-corrected chi connectivity index (χ4v) is 5.68. The monoisotopic (exact) mass is 497 g/mol. The normalized spacial score (nSPS) is 16.0. The fraction of sp³-hybridized carbons (Fsp3) is 0.444. The Balaban J connectivity index is 1.65. The summed E-state index contributed by atoms with van der Waals surface area (Å²) in [6.07, 6.45) is -4.69. The molecule has 1 aromatic heterocycles. The molecule has 2 heterocycles. The van der Waals surface area contributed by atoms with Crippen LogP contribution in [-0.4, -0.2) is 54.3 Å². The van der Waals surface area contributed by atoms with Crippen molar-refractivity contribution in [3.63, 3.8) is 0 Å². The van der Waals surface area contributed by atoms with Gasteiger partial charge in [0.25, 0.3) is 0 Å². The van der Waals surface area contributed by atoms with Crippen LogP contribution in [-0.2, 0) is 27.5 Å². The second-order valence-corrected chi connectivity index (χ2v) is 10.1. The van der Waals surface area contributed by atoms with E-state index in [1.807, 2.05) is 0 Å². The topological polar surface area (TPSA) is 79.7 Å². The van der Waals surface area contributed by atoms with E-state index in [-0.39, 0.29) is 49.9 Å². The Morgan fingerprint density at radius 1 is 1.19 bits per heavy atom. The van der Waals surface area contributed by atoms with Gasteiger partial charge in [-0.25, -0.2) is 8.42 Å². The molecule has 2 aromatic rings. The summed E-state index contributed by atoms with van der Waals surface area (Å²) in [5.74, 6) is -0.222. The number of thiazole rings is 1. The number of rotatable bonds is 5. The zero-order valence-electron chi connectivity index (χ0n) is 16.4. The van der Waals surface area contributed by atoms with Crippen LogP contribution in [0.2, 0.25) is 5.02 Å². The van der Waals surface area contributed by atoms with Gasteiger partial charge in [-0.05, 0) is 25.1 Å². The highest BCUT2D eigenvalue weighted by atomic mass is 35.5. The molecule has 1 saturated heterocycles. The highest BCUT2D eigenvalue weighted by Gasteiger charge is 2.36. The second-order valence-electron chi connectivity index (χ2n) is 6.97. The highest BCUT2D eigenvalue weighted by molar-refractivity contribution is 7.89. The Kier molecular flexibility index (Phi) is 6.84. The molecule has 0 aliphatic carbocycles. The van der Waals surface area contributed by atoms with Gasteiger partial charge in [-0.2, -0.15) is 17.5 Å². The number of hydrogen-bond donors (Lipinski definition) is 0. The summed E-state index contributed by atoms with van der Waals surface area (Å²) in [5, 5.41) is 1.12. The molecule has 170 valence electrons. The second kappa shape index (κ2) is 8.93. The maximum absolute atomic E-state index is 13.1. The van der Waals surface area contributed by atoms with E-state index >= 15 is 0 Å². The lowest BCUT2D eigenvalue weighted by Gasteiger charge is -2.34. The number of benzene rings is 1. The van der Waals surface area contributed by atoms with Crippen LogP contribution in [0.5, 0.6) is 0 Å². The van der Waals surface area contributed by atoms with Crippen LogP contribution in [0, 0.1) is 6.92 Å². The Hall–Kier alpha value is -1.89. The minimum atomic E-state index is -4.78. The van der Waals surface area contributed by atoms with Crippen LogP contribution >= 0.6 is 22.9 Å². The molecule has 0 N–H and O–H groups in total. The molecule has 0 atom stereocenters. The maximum Gasteiger partial charge on any atom is 0.417 e. The lowest BCUT2D eigenvalue weighted by atomic mass is 10.2. The number of nitrogens with zero attached hydrogens (tertiary/aromatic N) is 3. The van der Waals surface area contributed by atoms with Gasteiger partial charge < -0.3 is 9.47 Å². The maximum atomic E-state index is 13.1. The molecule has 31 heavy (non-hydrogen) atoms. The summed E-state index contributed by atoms with van der Waals surface area (Å²) in [5.41, 5.74) is -0.456. The number of alkyl halides is 3. The van der Waals surface area contributed by atoms with Gasteiger partial charge >= 0.3 is 11.0 Å². The number of sulfonamides is 1. The summed E-state index contributed by atoms with van der Waals surface area (Å²) < 4.78 is 67.3. The molecular weight excluding hydrogens is 479 g/mol. The van der Waals surface area contributed by atoms with Crippen LogP contribution in [0.3, 0.4) is 0 Å². The van der Waals surface area contributed by atoms with Crippen molar-refractivity contribution in [2.45, 2.75) is 31.0 Å². The Labute approximate surface area is 185 Å². The number of carbonyl (C=O) groups is 1. The van der Waals surface area contributed by atoms with Gasteiger partial charge in [0.15, 0.2) is 0 Å². The molecule has 1 aliphatic rings. The predicted molar refractivity (Wildman–Crippen MR) is 110 cm³/mol. The molecule has 0 radical (unpaired) electrons. The van der Waals surface area contributed by atoms with Gasteiger partial charge in [0.2, 0.25) is 15.9 Å². The van der Waals surface area contributed by atoms with E-state index in [0.717, 1.165) is 33.5 Å². The first-order valence-electron chi connectivity index (χ1n) is 9.21. The third-order valence-electron chi connectivity index (χ3n) is 5.00. The van der Waals surface area contributed by atoms with Crippen molar-refractivity contribution in [3.05, 3.63) is 49.5 Å². The van der Waals surface area contributed by atoms with E-state index in [2.05, 4.69) is 0 Å². The Bertz CT molecular complexity index is 1140. The molecule has 3 rings (SSSR count). The van der Waals surface area contributed by atoms with Gasteiger partial charge in [-0.3, -0.25) is 9.59 Å². The van der Waals surface area contributed by atoms with E-state index in [1.54, 1.807) is 12.3 Å². The number of carbonyl (C=O) groups excluding carboxylic acids is 1. The quantitative estimate of drug-likeness (QED) is 0.636. The highest BCUT2D eigenvalue weighted by Crippen LogP contribution is 2.36. The van der Waals surface area contributed by atoms with Crippen molar-refractivity contribution >= 4 is 38.9 Å². The molecule has 1 aliphatic heterocycles. The smallest absolute Gasteiger partial charge is 0.340 e. The zero-order chi connectivity index (χ0) is 23.0. The molecule has 1 aromatic carbocycles. The lowest BCUT2D eigenvalue weighted by Crippen LogP contribution is -2.50. The van der Waals surface area contributed by atoms with Crippen LogP contribution in [0.25, 0.3) is 0 Å².